The topological polar surface area (TPSA) is 167 Å². The average Bonchev–Trinajstić information content (AvgIpc) is 3.25. The molecule has 3 rings (SSSR count). The number of carbonyl (C=O) groups is 1. The number of benzene rings is 1. The van der Waals surface area contributed by atoms with Crippen molar-refractivity contribution >= 4 is 17.9 Å². The van der Waals surface area contributed by atoms with E-state index in [1.165, 1.54) is 19.5 Å². The third kappa shape index (κ3) is 3.21. The van der Waals surface area contributed by atoms with Gasteiger partial charge in [0.2, 0.25) is 11.6 Å². The molecule has 0 saturated carbocycles. The standard InChI is InChI=1S/C13H12N8O4/c1-24-9-4-2-3-7(10(9)22)5-15-17-13(23)8-6-21(20-16-8)12-11(14)18-25-19-12/h2-6,22H,1H3,(H2,14,18)(H,17,23). The molecule has 0 fully saturated rings. The first-order valence-electron chi connectivity index (χ1n) is 6.80. The molecule has 0 unspecified atom stereocenters. The first-order chi connectivity index (χ1) is 12.1. The molecule has 0 radical (unpaired) electrons. The van der Waals surface area contributed by atoms with E-state index < -0.39 is 5.91 Å². The number of hydrazone groups is 1. The van der Waals surface area contributed by atoms with Crippen LogP contribution in [0.25, 0.3) is 5.82 Å². The Labute approximate surface area is 139 Å². The second-order valence-electron chi connectivity index (χ2n) is 4.62. The Balaban J connectivity index is 1.69. The van der Waals surface area contributed by atoms with Crippen LogP contribution in [0, 0.1) is 0 Å². The molecule has 0 aliphatic heterocycles. The maximum absolute atomic E-state index is 12.0. The smallest absolute Gasteiger partial charge is 0.293 e. The van der Waals surface area contributed by atoms with Crippen molar-refractivity contribution in [2.45, 2.75) is 0 Å². The van der Waals surface area contributed by atoms with Gasteiger partial charge >= 0.3 is 0 Å². The number of anilines is 1. The van der Waals surface area contributed by atoms with Crippen LogP contribution >= 0.6 is 0 Å². The quantitative estimate of drug-likeness (QED) is 0.416. The fourth-order valence-electron chi connectivity index (χ4n) is 1.85. The Kier molecular flexibility index (Phi) is 4.24. The van der Waals surface area contributed by atoms with Gasteiger partial charge in [0.25, 0.3) is 5.91 Å². The lowest BCUT2D eigenvalue weighted by atomic mass is 10.2. The van der Waals surface area contributed by atoms with Gasteiger partial charge in [-0.3, -0.25) is 4.79 Å². The molecule has 12 nitrogen and oxygen atoms in total. The molecule has 4 N–H and O–H groups in total. The molecule has 2 heterocycles. The maximum Gasteiger partial charge on any atom is 0.293 e. The number of phenols is 1. The molecule has 12 heteroatoms. The number of hydrogen-bond acceptors (Lipinski definition) is 10. The molecular formula is C13H12N8O4. The summed E-state index contributed by atoms with van der Waals surface area (Å²) in [6, 6.07) is 4.86. The number of carbonyl (C=O) groups excluding carboxylic acids is 1. The first kappa shape index (κ1) is 15.9. The van der Waals surface area contributed by atoms with Gasteiger partial charge in [-0.15, -0.1) is 5.10 Å². The number of ether oxygens (including phenoxy) is 1. The van der Waals surface area contributed by atoms with Crippen LogP contribution in [-0.4, -0.2) is 49.6 Å². The summed E-state index contributed by atoms with van der Waals surface area (Å²) in [6.07, 6.45) is 2.55. The number of aromatic hydroxyl groups is 1. The van der Waals surface area contributed by atoms with Crippen LogP contribution in [0.5, 0.6) is 11.5 Å². The lowest BCUT2D eigenvalue weighted by Crippen LogP contribution is -2.18. The van der Waals surface area contributed by atoms with Crippen LogP contribution in [0.2, 0.25) is 0 Å². The van der Waals surface area contributed by atoms with Crippen molar-refractivity contribution in [2.75, 3.05) is 12.8 Å². The Hall–Kier alpha value is -3.96. The van der Waals surface area contributed by atoms with Gasteiger partial charge in [-0.1, -0.05) is 11.3 Å². The predicted molar refractivity (Wildman–Crippen MR) is 83.3 cm³/mol. The van der Waals surface area contributed by atoms with Crippen LogP contribution in [-0.2, 0) is 0 Å². The van der Waals surface area contributed by atoms with Crippen LogP contribution in [0.4, 0.5) is 5.82 Å². The number of nitrogen functional groups attached to an aromatic ring is 1. The number of amides is 1. The predicted octanol–water partition coefficient (Wildman–Crippen LogP) is -0.289. The summed E-state index contributed by atoms with van der Waals surface area (Å²) in [4.78, 5) is 12.0. The number of nitrogens with two attached hydrogens (primary N) is 1. The van der Waals surface area contributed by atoms with Crippen molar-refractivity contribution < 1.29 is 19.3 Å². The fourth-order valence-corrected chi connectivity index (χ4v) is 1.85. The second kappa shape index (κ2) is 6.66. The number of phenolic OH excluding ortho intramolecular Hbond substituents is 1. The van der Waals surface area contributed by atoms with Crippen molar-refractivity contribution in [1.82, 2.24) is 30.7 Å². The Morgan fingerprint density at radius 3 is 3.04 bits per heavy atom. The van der Waals surface area contributed by atoms with E-state index in [2.05, 4.69) is 35.8 Å². The van der Waals surface area contributed by atoms with E-state index in [0.29, 0.717) is 5.56 Å². The van der Waals surface area contributed by atoms with E-state index >= 15 is 0 Å². The highest BCUT2D eigenvalue weighted by molar-refractivity contribution is 5.93. The third-order valence-corrected chi connectivity index (χ3v) is 3.06. The Morgan fingerprint density at radius 1 is 1.48 bits per heavy atom. The molecule has 0 aliphatic rings. The van der Waals surface area contributed by atoms with Crippen molar-refractivity contribution in [2.24, 2.45) is 5.10 Å². The summed E-state index contributed by atoms with van der Waals surface area (Å²) in [7, 11) is 1.43. The number of aromatic nitrogens is 5. The first-order valence-corrected chi connectivity index (χ1v) is 6.80. The molecule has 1 aromatic carbocycles. The molecule has 3 aromatic rings. The summed E-state index contributed by atoms with van der Waals surface area (Å²) >= 11 is 0. The third-order valence-electron chi connectivity index (χ3n) is 3.06. The number of nitrogens with one attached hydrogen (secondary N) is 1. The van der Waals surface area contributed by atoms with E-state index in [1.54, 1.807) is 18.2 Å². The van der Waals surface area contributed by atoms with Crippen LogP contribution in [0.1, 0.15) is 16.1 Å². The second-order valence-corrected chi connectivity index (χ2v) is 4.62. The zero-order valence-electron chi connectivity index (χ0n) is 12.8. The molecule has 1 amide bonds. The number of para-hydroxylation sites is 1. The SMILES string of the molecule is COc1cccc(C=NNC(=O)c2cn(-c3nonc3N)nn2)c1O. The number of methoxy groups -OCH3 is 1. The minimum atomic E-state index is -0.625. The molecule has 2 aromatic heterocycles. The largest absolute Gasteiger partial charge is 0.504 e. The highest BCUT2D eigenvalue weighted by atomic mass is 16.6. The van der Waals surface area contributed by atoms with E-state index in [-0.39, 0.29) is 28.8 Å². The fraction of sp³-hybridized carbons (Fsp3) is 0.0769. The van der Waals surface area contributed by atoms with Gasteiger partial charge in [-0.2, -0.15) is 9.78 Å². The van der Waals surface area contributed by atoms with Gasteiger partial charge in [0.15, 0.2) is 17.2 Å². The van der Waals surface area contributed by atoms with Gasteiger partial charge in [-0.05, 0) is 22.4 Å². The molecule has 0 bridgehead atoms. The average molecular weight is 344 g/mol. The molecule has 0 spiro atoms. The van der Waals surface area contributed by atoms with Crippen molar-refractivity contribution in [1.29, 1.82) is 0 Å². The van der Waals surface area contributed by atoms with Gasteiger partial charge in [-0.25, -0.2) is 10.1 Å². The monoisotopic (exact) mass is 344 g/mol. The molecule has 0 aliphatic carbocycles. The van der Waals surface area contributed by atoms with E-state index in [0.717, 1.165) is 4.68 Å². The zero-order chi connectivity index (χ0) is 17.8. The van der Waals surface area contributed by atoms with Crippen LogP contribution in [0.15, 0.2) is 34.1 Å². The number of nitrogens with zero attached hydrogens (tertiary/aromatic N) is 6. The van der Waals surface area contributed by atoms with Crippen molar-refractivity contribution in [3.8, 4) is 17.3 Å². The lowest BCUT2D eigenvalue weighted by molar-refractivity contribution is 0.0950. The van der Waals surface area contributed by atoms with Crippen LogP contribution < -0.4 is 15.9 Å². The minimum absolute atomic E-state index is 0.00313. The molecule has 0 saturated heterocycles. The molecular weight excluding hydrogens is 332 g/mol. The summed E-state index contributed by atoms with van der Waals surface area (Å²) in [5.41, 5.74) is 8.12. The normalized spacial score (nSPS) is 10.9. The van der Waals surface area contributed by atoms with E-state index in [1.807, 2.05) is 0 Å². The van der Waals surface area contributed by atoms with Gasteiger partial charge in [0.05, 0.1) is 19.5 Å². The Bertz CT molecular complexity index is 932. The maximum atomic E-state index is 12.0. The highest BCUT2D eigenvalue weighted by Crippen LogP contribution is 2.27. The molecule has 0 atom stereocenters. The van der Waals surface area contributed by atoms with Gasteiger partial charge < -0.3 is 15.6 Å². The highest BCUT2D eigenvalue weighted by Gasteiger charge is 2.15. The summed E-state index contributed by atoms with van der Waals surface area (Å²) in [6.45, 7) is 0. The Morgan fingerprint density at radius 2 is 2.32 bits per heavy atom. The van der Waals surface area contributed by atoms with E-state index in [9.17, 15) is 9.90 Å². The molecule has 25 heavy (non-hydrogen) atoms. The number of rotatable bonds is 5. The van der Waals surface area contributed by atoms with Crippen LogP contribution in [0.3, 0.4) is 0 Å². The zero-order valence-corrected chi connectivity index (χ0v) is 12.8. The number of hydrogen-bond donors (Lipinski definition) is 3. The van der Waals surface area contributed by atoms with Crippen molar-refractivity contribution in [3.63, 3.8) is 0 Å². The summed E-state index contributed by atoms with van der Waals surface area (Å²) < 4.78 is 10.6. The summed E-state index contributed by atoms with van der Waals surface area (Å²) in [5, 5.41) is 28.0. The summed E-state index contributed by atoms with van der Waals surface area (Å²) in [5.74, 6) is -0.320. The van der Waals surface area contributed by atoms with Gasteiger partial charge in [0.1, 0.15) is 0 Å². The molecule has 128 valence electrons. The van der Waals surface area contributed by atoms with Crippen molar-refractivity contribution in [3.05, 3.63) is 35.7 Å². The van der Waals surface area contributed by atoms with E-state index in [4.69, 9.17) is 10.5 Å². The minimum Gasteiger partial charge on any atom is -0.504 e. The van der Waals surface area contributed by atoms with Gasteiger partial charge in [0, 0.05) is 5.56 Å². The lowest BCUT2D eigenvalue weighted by Gasteiger charge is -2.04.